The molecule has 0 atom stereocenters. The van der Waals surface area contributed by atoms with Gasteiger partial charge in [-0.3, -0.25) is 0 Å². The Labute approximate surface area is 183 Å². The molecular formula is C26H39NOS. The molecule has 0 aliphatic heterocycles. The lowest BCUT2D eigenvalue weighted by Crippen LogP contribution is -2.25. The summed E-state index contributed by atoms with van der Waals surface area (Å²) in [4.78, 5) is 4.11. The zero-order valence-electron chi connectivity index (χ0n) is 18.5. The monoisotopic (exact) mass is 413 g/mol. The van der Waals surface area contributed by atoms with Gasteiger partial charge in [-0.1, -0.05) is 57.9 Å². The van der Waals surface area contributed by atoms with E-state index in [4.69, 9.17) is 17.0 Å². The van der Waals surface area contributed by atoms with Crippen LogP contribution in [0.15, 0.2) is 23.2 Å². The predicted octanol–water partition coefficient (Wildman–Crippen LogP) is 8.48. The molecule has 29 heavy (non-hydrogen) atoms. The second kappa shape index (κ2) is 11.9. The minimum absolute atomic E-state index is 0.667. The van der Waals surface area contributed by atoms with Crippen LogP contribution in [-0.4, -0.2) is 12.3 Å². The van der Waals surface area contributed by atoms with Crippen molar-refractivity contribution in [1.29, 1.82) is 0 Å². The number of hydrogen-bond acceptors (Lipinski definition) is 3. The van der Waals surface area contributed by atoms with E-state index in [2.05, 4.69) is 29.2 Å². The second-order valence-corrected chi connectivity index (χ2v) is 9.56. The lowest BCUT2D eigenvalue weighted by Gasteiger charge is -2.38. The molecule has 2 saturated carbocycles. The number of methoxy groups -OCH3 is 1. The first-order chi connectivity index (χ1) is 14.2. The number of rotatable bonds is 9. The van der Waals surface area contributed by atoms with E-state index in [0.29, 0.717) is 5.92 Å². The van der Waals surface area contributed by atoms with Crippen LogP contribution in [0, 0.1) is 17.8 Å². The molecule has 1 aromatic carbocycles. The molecular weight excluding hydrogens is 374 g/mol. The molecule has 2 nitrogen and oxygen atoms in total. The summed E-state index contributed by atoms with van der Waals surface area (Å²) in [6.45, 7) is 2.31. The summed E-state index contributed by atoms with van der Waals surface area (Å²) in [6, 6.07) is 6.41. The van der Waals surface area contributed by atoms with Gasteiger partial charge in [-0.2, -0.15) is 4.99 Å². The van der Waals surface area contributed by atoms with Crippen LogP contribution in [-0.2, 0) is 0 Å². The summed E-state index contributed by atoms with van der Waals surface area (Å²) >= 11 is 4.74. The number of nitrogens with zero attached hydrogens (tertiary/aromatic N) is 1. The fraction of sp³-hybridized carbons (Fsp3) is 0.731. The molecule has 2 aliphatic carbocycles. The van der Waals surface area contributed by atoms with Crippen LogP contribution in [0.4, 0.5) is 5.69 Å². The lowest BCUT2D eigenvalue weighted by molar-refractivity contribution is 0.155. The summed E-state index contributed by atoms with van der Waals surface area (Å²) in [5.41, 5.74) is 2.19. The first kappa shape index (κ1) is 22.5. The minimum Gasteiger partial charge on any atom is -0.494 e. The van der Waals surface area contributed by atoms with Crippen LogP contribution < -0.4 is 4.74 Å². The van der Waals surface area contributed by atoms with Crippen LogP contribution in [0.5, 0.6) is 5.75 Å². The Morgan fingerprint density at radius 3 is 2.28 bits per heavy atom. The van der Waals surface area contributed by atoms with Gasteiger partial charge < -0.3 is 4.74 Å². The van der Waals surface area contributed by atoms with Crippen molar-refractivity contribution in [2.75, 3.05) is 7.11 Å². The molecule has 2 aliphatic rings. The number of unbranched alkanes of at least 4 members (excludes halogenated alkanes) is 3. The zero-order chi connectivity index (χ0) is 20.5. The topological polar surface area (TPSA) is 21.6 Å². The van der Waals surface area contributed by atoms with Gasteiger partial charge >= 0.3 is 0 Å². The van der Waals surface area contributed by atoms with Crippen LogP contribution >= 0.6 is 12.2 Å². The van der Waals surface area contributed by atoms with Gasteiger partial charge in [-0.05, 0) is 92.1 Å². The van der Waals surface area contributed by atoms with Gasteiger partial charge in [0.15, 0.2) is 0 Å². The first-order valence-electron chi connectivity index (χ1n) is 12.0. The summed E-state index contributed by atoms with van der Waals surface area (Å²) in [7, 11) is 1.71. The van der Waals surface area contributed by atoms with E-state index in [0.717, 1.165) is 29.2 Å². The van der Waals surface area contributed by atoms with Crippen molar-refractivity contribution in [1.82, 2.24) is 0 Å². The van der Waals surface area contributed by atoms with Gasteiger partial charge in [0.25, 0.3) is 0 Å². The molecule has 2 fully saturated rings. The largest absolute Gasteiger partial charge is 0.494 e. The quantitative estimate of drug-likeness (QED) is 0.230. The Kier molecular flexibility index (Phi) is 9.21. The Bertz CT molecular complexity index is 665. The Hall–Kier alpha value is -1.18. The molecule has 0 bridgehead atoms. The molecule has 0 spiro atoms. The van der Waals surface area contributed by atoms with E-state index >= 15 is 0 Å². The maximum absolute atomic E-state index is 5.52. The number of ether oxygens (including phenoxy) is 1. The van der Waals surface area contributed by atoms with Gasteiger partial charge in [-0.15, -0.1) is 0 Å². The highest BCUT2D eigenvalue weighted by Gasteiger charge is 2.31. The van der Waals surface area contributed by atoms with Crippen molar-refractivity contribution in [2.24, 2.45) is 22.7 Å². The number of aliphatic imine (C=N–C) groups is 1. The third kappa shape index (κ3) is 6.40. The third-order valence-corrected chi connectivity index (χ3v) is 7.73. The molecule has 0 N–H and O–H groups in total. The normalized spacial score (nSPS) is 27.2. The molecule has 160 valence electrons. The average Bonchev–Trinajstić information content (AvgIpc) is 2.78. The highest BCUT2D eigenvalue weighted by molar-refractivity contribution is 7.78. The summed E-state index contributed by atoms with van der Waals surface area (Å²) in [6.07, 6.45) is 18.6. The summed E-state index contributed by atoms with van der Waals surface area (Å²) in [5.74, 6) is 4.48. The zero-order valence-corrected chi connectivity index (χ0v) is 19.3. The van der Waals surface area contributed by atoms with Crippen LogP contribution in [0.1, 0.15) is 102 Å². The first-order valence-corrected chi connectivity index (χ1v) is 12.4. The molecule has 0 heterocycles. The van der Waals surface area contributed by atoms with E-state index < -0.39 is 0 Å². The minimum atomic E-state index is 0.667. The maximum Gasteiger partial charge on any atom is 0.145 e. The Morgan fingerprint density at radius 1 is 0.966 bits per heavy atom. The van der Waals surface area contributed by atoms with E-state index in [1.807, 2.05) is 6.07 Å². The third-order valence-electron chi connectivity index (χ3n) is 7.64. The fourth-order valence-electron chi connectivity index (χ4n) is 5.82. The van der Waals surface area contributed by atoms with Crippen LogP contribution in [0.25, 0.3) is 0 Å². The molecule has 1 aromatic rings. The number of hydrogen-bond donors (Lipinski definition) is 0. The van der Waals surface area contributed by atoms with Crippen molar-refractivity contribution < 1.29 is 4.74 Å². The standard InChI is InChI=1S/C26H39NOS/c1-3-4-5-6-7-20-8-10-21(11-9-20)22-12-14-23(15-13-22)24-16-17-25(27-19-29)26(18-24)28-2/h16-18,20-23H,3-15H2,1-2H3/t20-,21-,22-,23-. The highest BCUT2D eigenvalue weighted by Crippen LogP contribution is 2.45. The van der Waals surface area contributed by atoms with E-state index in [9.17, 15) is 0 Å². The Balaban J connectivity index is 1.45. The van der Waals surface area contributed by atoms with Crippen molar-refractivity contribution >= 4 is 23.1 Å². The smallest absolute Gasteiger partial charge is 0.145 e. The highest BCUT2D eigenvalue weighted by atomic mass is 32.1. The van der Waals surface area contributed by atoms with E-state index in [-0.39, 0.29) is 0 Å². The molecule has 0 aromatic heterocycles. The molecule has 3 heteroatoms. The SMILES string of the molecule is CCCCCC[C@H]1CC[C@H]([C@H]2CC[C@H](c3ccc(N=C=S)c(OC)c3)CC2)CC1. The summed E-state index contributed by atoms with van der Waals surface area (Å²) in [5, 5.41) is 2.45. The average molecular weight is 414 g/mol. The van der Waals surface area contributed by atoms with Crippen molar-refractivity contribution in [2.45, 2.75) is 96.3 Å². The van der Waals surface area contributed by atoms with Crippen molar-refractivity contribution in [3.63, 3.8) is 0 Å². The molecule has 0 amide bonds. The van der Waals surface area contributed by atoms with Gasteiger partial charge in [0.05, 0.1) is 12.3 Å². The van der Waals surface area contributed by atoms with Crippen molar-refractivity contribution in [3.8, 4) is 5.75 Å². The van der Waals surface area contributed by atoms with E-state index in [1.165, 1.54) is 89.0 Å². The van der Waals surface area contributed by atoms with Gasteiger partial charge in [-0.25, -0.2) is 0 Å². The number of isothiocyanates is 1. The molecule has 3 rings (SSSR count). The molecule has 0 radical (unpaired) electrons. The predicted molar refractivity (Wildman–Crippen MR) is 127 cm³/mol. The molecule has 0 saturated heterocycles. The maximum atomic E-state index is 5.52. The second-order valence-electron chi connectivity index (χ2n) is 9.38. The summed E-state index contributed by atoms with van der Waals surface area (Å²) < 4.78 is 5.52. The van der Waals surface area contributed by atoms with Gasteiger partial charge in [0.2, 0.25) is 0 Å². The molecule has 0 unspecified atom stereocenters. The van der Waals surface area contributed by atoms with E-state index in [1.54, 1.807) is 7.11 Å². The van der Waals surface area contributed by atoms with Gasteiger partial charge in [0.1, 0.15) is 11.4 Å². The number of thiocarbonyl (C=S) groups is 1. The fourth-order valence-corrected chi connectivity index (χ4v) is 5.92. The van der Waals surface area contributed by atoms with Crippen LogP contribution in [0.3, 0.4) is 0 Å². The number of benzene rings is 1. The Morgan fingerprint density at radius 2 is 1.66 bits per heavy atom. The van der Waals surface area contributed by atoms with Gasteiger partial charge in [0, 0.05) is 0 Å². The lowest BCUT2D eigenvalue weighted by atomic mass is 9.68. The van der Waals surface area contributed by atoms with Crippen molar-refractivity contribution in [3.05, 3.63) is 23.8 Å². The van der Waals surface area contributed by atoms with Crippen LogP contribution in [0.2, 0.25) is 0 Å².